The summed E-state index contributed by atoms with van der Waals surface area (Å²) in [6.45, 7) is 1.89. The first-order chi connectivity index (χ1) is 8.79. The summed E-state index contributed by atoms with van der Waals surface area (Å²) in [5.41, 5.74) is 0. The van der Waals surface area contributed by atoms with E-state index in [4.69, 9.17) is 4.74 Å². The lowest BCUT2D eigenvalue weighted by molar-refractivity contribution is -0.128. The number of carbonyl (C=O) groups is 1. The van der Waals surface area contributed by atoms with E-state index in [0.29, 0.717) is 5.75 Å². The Hall–Kier alpha value is -2.35. The molecule has 0 N–H and O–H groups in total. The first-order valence-corrected chi connectivity index (χ1v) is 5.79. The zero-order chi connectivity index (χ0) is 12.8. The van der Waals surface area contributed by atoms with E-state index in [2.05, 4.69) is 0 Å². The Morgan fingerprint density at radius 2 is 1.83 bits per heavy atom. The van der Waals surface area contributed by atoms with Gasteiger partial charge in [-0.2, -0.15) is 0 Å². The van der Waals surface area contributed by atoms with Gasteiger partial charge in [0.15, 0.2) is 0 Å². The number of benzene rings is 2. The Bertz CT molecular complexity index is 609. The van der Waals surface area contributed by atoms with Gasteiger partial charge in [0.05, 0.1) is 0 Å². The van der Waals surface area contributed by atoms with Gasteiger partial charge in [-0.05, 0) is 29.8 Å². The van der Waals surface area contributed by atoms with E-state index < -0.39 is 0 Å². The standard InChI is InChI=1S/C16H14O2/c1-2-3-4-9-16(17)18-15-11-10-13-7-5-6-8-14(13)12-15/h2-12H,1H3/b3-2+,9-4+. The zero-order valence-electron chi connectivity index (χ0n) is 10.2. The highest BCUT2D eigenvalue weighted by Gasteiger charge is 2.01. The molecule has 0 fully saturated rings. The molecule has 0 aliphatic carbocycles. The largest absolute Gasteiger partial charge is 0.423 e. The molecule has 0 atom stereocenters. The normalized spacial score (nSPS) is 11.4. The number of ether oxygens (including phenoxy) is 1. The fraction of sp³-hybridized carbons (Fsp3) is 0.0625. The molecule has 2 aromatic rings. The summed E-state index contributed by atoms with van der Waals surface area (Å²) in [5, 5.41) is 2.18. The third-order valence-corrected chi connectivity index (χ3v) is 2.48. The molecule has 2 aromatic carbocycles. The molecule has 0 radical (unpaired) electrons. The zero-order valence-corrected chi connectivity index (χ0v) is 10.2. The molecule has 0 unspecified atom stereocenters. The van der Waals surface area contributed by atoms with E-state index in [9.17, 15) is 4.79 Å². The smallest absolute Gasteiger partial charge is 0.336 e. The molecule has 2 rings (SSSR count). The molecule has 0 heterocycles. The maximum Gasteiger partial charge on any atom is 0.336 e. The van der Waals surface area contributed by atoms with Crippen molar-refractivity contribution in [3.8, 4) is 5.75 Å². The summed E-state index contributed by atoms with van der Waals surface area (Å²) in [6, 6.07) is 13.5. The van der Waals surface area contributed by atoms with Crippen LogP contribution in [-0.2, 0) is 4.79 Å². The van der Waals surface area contributed by atoms with Gasteiger partial charge < -0.3 is 4.74 Å². The molecule has 0 amide bonds. The highest BCUT2D eigenvalue weighted by Crippen LogP contribution is 2.20. The highest BCUT2D eigenvalue weighted by atomic mass is 16.5. The van der Waals surface area contributed by atoms with Gasteiger partial charge in [0.1, 0.15) is 5.75 Å². The summed E-state index contributed by atoms with van der Waals surface area (Å²) in [6.07, 6.45) is 6.68. The molecule has 0 saturated heterocycles. The van der Waals surface area contributed by atoms with Crippen molar-refractivity contribution in [1.29, 1.82) is 0 Å². The Morgan fingerprint density at radius 3 is 2.61 bits per heavy atom. The summed E-state index contributed by atoms with van der Waals surface area (Å²) < 4.78 is 5.21. The Balaban J connectivity index is 2.14. The van der Waals surface area contributed by atoms with Gasteiger partial charge in [-0.15, -0.1) is 0 Å². The summed E-state index contributed by atoms with van der Waals surface area (Å²) >= 11 is 0. The van der Waals surface area contributed by atoms with E-state index >= 15 is 0 Å². The second-order valence-corrected chi connectivity index (χ2v) is 3.81. The van der Waals surface area contributed by atoms with Crippen LogP contribution in [-0.4, -0.2) is 5.97 Å². The topological polar surface area (TPSA) is 26.3 Å². The fourth-order valence-electron chi connectivity index (χ4n) is 1.63. The van der Waals surface area contributed by atoms with Crippen molar-refractivity contribution in [3.63, 3.8) is 0 Å². The molecule has 0 aliphatic rings. The van der Waals surface area contributed by atoms with E-state index in [1.54, 1.807) is 18.2 Å². The first-order valence-electron chi connectivity index (χ1n) is 5.79. The fourth-order valence-corrected chi connectivity index (χ4v) is 1.63. The van der Waals surface area contributed by atoms with Gasteiger partial charge in [0, 0.05) is 6.08 Å². The molecular formula is C16H14O2. The van der Waals surface area contributed by atoms with E-state index in [1.807, 2.05) is 49.4 Å². The van der Waals surface area contributed by atoms with Gasteiger partial charge in [-0.3, -0.25) is 0 Å². The van der Waals surface area contributed by atoms with Crippen LogP contribution < -0.4 is 4.74 Å². The Morgan fingerprint density at radius 1 is 1.06 bits per heavy atom. The predicted octanol–water partition coefficient (Wildman–Crippen LogP) is 3.88. The van der Waals surface area contributed by atoms with Crippen molar-refractivity contribution in [2.75, 3.05) is 0 Å². The van der Waals surface area contributed by atoms with Crippen molar-refractivity contribution in [2.24, 2.45) is 0 Å². The Kier molecular flexibility index (Phi) is 3.92. The van der Waals surface area contributed by atoms with Crippen molar-refractivity contribution in [2.45, 2.75) is 6.92 Å². The number of carbonyl (C=O) groups excluding carboxylic acids is 1. The van der Waals surface area contributed by atoms with Gasteiger partial charge in [0.25, 0.3) is 0 Å². The van der Waals surface area contributed by atoms with Crippen LogP contribution in [0.2, 0.25) is 0 Å². The van der Waals surface area contributed by atoms with Crippen LogP contribution in [0, 0.1) is 0 Å². The van der Waals surface area contributed by atoms with Crippen LogP contribution in [0.1, 0.15) is 6.92 Å². The monoisotopic (exact) mass is 238 g/mol. The van der Waals surface area contributed by atoms with Crippen LogP contribution in [0.4, 0.5) is 0 Å². The number of hydrogen-bond donors (Lipinski definition) is 0. The number of fused-ring (bicyclic) bond motifs is 1. The number of rotatable bonds is 3. The second kappa shape index (κ2) is 5.82. The molecule has 18 heavy (non-hydrogen) atoms. The molecule has 0 bridgehead atoms. The van der Waals surface area contributed by atoms with E-state index in [1.165, 1.54) is 6.08 Å². The van der Waals surface area contributed by atoms with Crippen molar-refractivity contribution in [3.05, 3.63) is 66.8 Å². The molecule has 0 saturated carbocycles. The number of esters is 1. The third kappa shape index (κ3) is 3.08. The van der Waals surface area contributed by atoms with Crippen molar-refractivity contribution in [1.82, 2.24) is 0 Å². The van der Waals surface area contributed by atoms with Gasteiger partial charge in [-0.1, -0.05) is 48.6 Å². The summed E-state index contributed by atoms with van der Waals surface area (Å²) in [4.78, 5) is 11.5. The molecule has 2 heteroatoms. The first kappa shape index (κ1) is 12.1. The molecule has 0 aliphatic heterocycles. The minimum absolute atomic E-state index is 0.372. The minimum atomic E-state index is -0.372. The van der Waals surface area contributed by atoms with Crippen LogP contribution >= 0.6 is 0 Å². The van der Waals surface area contributed by atoms with Gasteiger partial charge >= 0.3 is 5.97 Å². The molecule has 2 nitrogen and oxygen atoms in total. The molecular weight excluding hydrogens is 224 g/mol. The lowest BCUT2D eigenvalue weighted by Gasteiger charge is -2.03. The lowest BCUT2D eigenvalue weighted by atomic mass is 10.1. The van der Waals surface area contributed by atoms with Crippen LogP contribution in [0.5, 0.6) is 5.75 Å². The SMILES string of the molecule is C/C=C/C=C/C(=O)Oc1ccc2ccccc2c1. The van der Waals surface area contributed by atoms with Crippen LogP contribution in [0.15, 0.2) is 66.8 Å². The average molecular weight is 238 g/mol. The number of allylic oxidation sites excluding steroid dienone is 3. The summed E-state index contributed by atoms with van der Waals surface area (Å²) in [7, 11) is 0. The third-order valence-electron chi connectivity index (χ3n) is 2.48. The lowest BCUT2D eigenvalue weighted by Crippen LogP contribution is -2.03. The maximum atomic E-state index is 11.5. The van der Waals surface area contributed by atoms with Crippen molar-refractivity contribution >= 4 is 16.7 Å². The average Bonchev–Trinajstić information content (AvgIpc) is 2.39. The van der Waals surface area contributed by atoms with E-state index in [0.717, 1.165) is 10.8 Å². The predicted molar refractivity (Wildman–Crippen MR) is 73.5 cm³/mol. The molecule has 0 aromatic heterocycles. The number of hydrogen-bond acceptors (Lipinski definition) is 2. The van der Waals surface area contributed by atoms with Crippen LogP contribution in [0.25, 0.3) is 10.8 Å². The maximum absolute atomic E-state index is 11.5. The van der Waals surface area contributed by atoms with Gasteiger partial charge in [-0.25, -0.2) is 4.79 Å². The minimum Gasteiger partial charge on any atom is -0.423 e. The Labute approximate surface area is 106 Å². The second-order valence-electron chi connectivity index (χ2n) is 3.81. The van der Waals surface area contributed by atoms with Crippen molar-refractivity contribution < 1.29 is 9.53 Å². The van der Waals surface area contributed by atoms with Gasteiger partial charge in [0.2, 0.25) is 0 Å². The molecule has 90 valence electrons. The summed E-state index contributed by atoms with van der Waals surface area (Å²) in [5.74, 6) is 0.187. The van der Waals surface area contributed by atoms with Crippen LogP contribution in [0.3, 0.4) is 0 Å². The van der Waals surface area contributed by atoms with E-state index in [-0.39, 0.29) is 5.97 Å². The molecule has 0 spiro atoms. The quantitative estimate of drug-likeness (QED) is 0.351. The highest BCUT2D eigenvalue weighted by molar-refractivity contribution is 5.87.